The molecule has 0 radical (unpaired) electrons. The topological polar surface area (TPSA) is 127 Å². The maximum absolute atomic E-state index is 11.6. The van der Waals surface area contributed by atoms with Crippen molar-refractivity contribution in [3.8, 4) is 17.2 Å². The van der Waals surface area contributed by atoms with E-state index in [1.165, 1.54) is 11.7 Å². The first-order chi connectivity index (χ1) is 12.5. The van der Waals surface area contributed by atoms with E-state index in [4.69, 9.17) is 10.6 Å². The zero-order valence-electron chi connectivity index (χ0n) is 14.0. The molecule has 0 aliphatic rings. The third kappa shape index (κ3) is 2.53. The Morgan fingerprint density at radius 3 is 2.77 bits per heavy atom. The summed E-state index contributed by atoms with van der Waals surface area (Å²) in [6.45, 7) is 3.11. The van der Waals surface area contributed by atoms with Crippen LogP contribution in [0.4, 0.5) is 5.82 Å². The molecule has 130 valence electrons. The summed E-state index contributed by atoms with van der Waals surface area (Å²) in [4.78, 5) is 30.1. The molecular weight excluding hydrogens is 336 g/mol. The Bertz CT molecular complexity index is 1130. The summed E-state index contributed by atoms with van der Waals surface area (Å²) in [6.07, 6.45) is 3.12. The van der Waals surface area contributed by atoms with Crippen LogP contribution in [0.5, 0.6) is 0 Å². The van der Waals surface area contributed by atoms with Gasteiger partial charge in [0.15, 0.2) is 11.5 Å². The lowest BCUT2D eigenvalue weighted by molar-refractivity contribution is -0.140. The molecule has 0 aliphatic heterocycles. The molecule has 4 aromatic heterocycles. The Hall–Kier alpha value is -3.82. The Balaban J connectivity index is 1.97. The molecule has 4 heterocycles. The van der Waals surface area contributed by atoms with Crippen molar-refractivity contribution in [1.29, 1.82) is 0 Å². The fraction of sp³-hybridized carbons (Fsp3) is 0.125. The molecule has 2 N–H and O–H groups in total. The zero-order valence-corrected chi connectivity index (χ0v) is 14.0. The van der Waals surface area contributed by atoms with Crippen molar-refractivity contribution in [2.24, 2.45) is 0 Å². The highest BCUT2D eigenvalue weighted by Gasteiger charge is 2.19. The van der Waals surface area contributed by atoms with Gasteiger partial charge in [-0.3, -0.25) is 4.57 Å². The first kappa shape index (κ1) is 15.7. The van der Waals surface area contributed by atoms with Crippen LogP contribution in [-0.2, 0) is 4.79 Å². The SMILES string of the molecule is CC(=O)On1c(-c2cccnc2N)nc2ccc(-n3cnnc3C)nc21. The van der Waals surface area contributed by atoms with Gasteiger partial charge in [-0.2, -0.15) is 0 Å². The number of nitrogen functional groups attached to an aromatic ring is 1. The molecule has 0 spiro atoms. The first-order valence-corrected chi connectivity index (χ1v) is 7.71. The van der Waals surface area contributed by atoms with Crippen LogP contribution < -0.4 is 10.6 Å². The van der Waals surface area contributed by atoms with Crippen molar-refractivity contribution in [2.75, 3.05) is 5.73 Å². The van der Waals surface area contributed by atoms with Gasteiger partial charge in [0.25, 0.3) is 0 Å². The number of imidazole rings is 1. The van der Waals surface area contributed by atoms with Gasteiger partial charge in [-0.25, -0.2) is 19.7 Å². The Kier molecular flexibility index (Phi) is 3.57. The van der Waals surface area contributed by atoms with Crippen LogP contribution in [0.15, 0.2) is 36.8 Å². The lowest BCUT2D eigenvalue weighted by Crippen LogP contribution is -2.18. The van der Waals surface area contributed by atoms with E-state index in [9.17, 15) is 4.79 Å². The number of nitrogens with zero attached hydrogens (tertiary/aromatic N) is 7. The third-order valence-electron chi connectivity index (χ3n) is 3.72. The summed E-state index contributed by atoms with van der Waals surface area (Å²) in [5, 5.41) is 7.80. The normalized spacial score (nSPS) is 11.0. The molecule has 4 rings (SSSR count). The van der Waals surface area contributed by atoms with Crippen LogP contribution in [0.1, 0.15) is 12.7 Å². The third-order valence-corrected chi connectivity index (χ3v) is 3.72. The van der Waals surface area contributed by atoms with Crippen molar-refractivity contribution >= 4 is 23.0 Å². The van der Waals surface area contributed by atoms with E-state index in [0.717, 1.165) is 0 Å². The van der Waals surface area contributed by atoms with E-state index >= 15 is 0 Å². The molecule has 0 bridgehead atoms. The van der Waals surface area contributed by atoms with Gasteiger partial charge in [0.05, 0.1) is 5.56 Å². The van der Waals surface area contributed by atoms with Crippen molar-refractivity contribution in [2.45, 2.75) is 13.8 Å². The van der Waals surface area contributed by atoms with Gasteiger partial charge in [-0.15, -0.1) is 14.9 Å². The van der Waals surface area contributed by atoms with E-state index in [1.54, 1.807) is 41.4 Å². The van der Waals surface area contributed by atoms with Crippen LogP contribution in [0.2, 0.25) is 0 Å². The van der Waals surface area contributed by atoms with Crippen LogP contribution >= 0.6 is 0 Å². The molecule has 4 aromatic rings. The summed E-state index contributed by atoms with van der Waals surface area (Å²) in [7, 11) is 0. The van der Waals surface area contributed by atoms with Gasteiger partial charge in [-0.1, -0.05) is 0 Å². The maximum Gasteiger partial charge on any atom is 0.330 e. The highest BCUT2D eigenvalue weighted by Crippen LogP contribution is 2.26. The number of pyridine rings is 2. The molecule has 0 amide bonds. The second-order valence-corrected chi connectivity index (χ2v) is 5.51. The quantitative estimate of drug-likeness (QED) is 0.578. The molecule has 10 heteroatoms. The number of hydrogen-bond acceptors (Lipinski definition) is 8. The summed E-state index contributed by atoms with van der Waals surface area (Å²) < 4.78 is 2.97. The predicted molar refractivity (Wildman–Crippen MR) is 92.1 cm³/mol. The molecule has 0 saturated heterocycles. The van der Waals surface area contributed by atoms with Crippen molar-refractivity contribution in [3.63, 3.8) is 0 Å². The highest BCUT2D eigenvalue weighted by atomic mass is 16.7. The predicted octanol–water partition coefficient (Wildman–Crippen LogP) is 0.940. The molecule has 0 saturated carbocycles. The molecule has 26 heavy (non-hydrogen) atoms. The van der Waals surface area contributed by atoms with Crippen LogP contribution in [0, 0.1) is 6.92 Å². The maximum atomic E-state index is 11.6. The number of hydrogen-bond donors (Lipinski definition) is 1. The van der Waals surface area contributed by atoms with Crippen molar-refractivity contribution < 1.29 is 9.63 Å². The number of aryl methyl sites for hydroxylation is 1. The minimum atomic E-state index is -0.513. The second kappa shape index (κ2) is 5.92. The number of rotatable bonds is 3. The molecular formula is C16H14N8O2. The van der Waals surface area contributed by atoms with Gasteiger partial charge in [-0.05, 0) is 31.2 Å². The smallest absolute Gasteiger partial charge is 0.330 e. The zero-order chi connectivity index (χ0) is 18.3. The standard InChI is InChI=1S/C16H14N8O2/c1-9-22-19-8-23(9)13-6-5-12-16(21-13)24(26-10(2)25)15(20-12)11-4-3-7-18-14(11)17/h3-8H,1-2H3,(H2,17,18). The molecule has 0 unspecified atom stereocenters. The lowest BCUT2D eigenvalue weighted by Gasteiger charge is -2.08. The number of carbonyl (C=O) groups excluding carboxylic acids is 1. The molecule has 0 aromatic carbocycles. The fourth-order valence-electron chi connectivity index (χ4n) is 2.57. The minimum Gasteiger partial charge on any atom is -0.383 e. The monoisotopic (exact) mass is 350 g/mol. The molecule has 0 atom stereocenters. The summed E-state index contributed by atoms with van der Waals surface area (Å²) in [5.41, 5.74) is 7.40. The largest absolute Gasteiger partial charge is 0.383 e. The van der Waals surface area contributed by atoms with E-state index in [1.807, 2.05) is 6.92 Å². The van der Waals surface area contributed by atoms with E-state index in [0.29, 0.717) is 34.2 Å². The number of anilines is 1. The summed E-state index contributed by atoms with van der Waals surface area (Å²) in [5.74, 6) is 1.34. The van der Waals surface area contributed by atoms with Crippen molar-refractivity contribution in [3.05, 3.63) is 42.6 Å². The Morgan fingerprint density at radius 1 is 1.23 bits per heavy atom. The molecule has 10 nitrogen and oxygen atoms in total. The highest BCUT2D eigenvalue weighted by molar-refractivity contribution is 5.81. The summed E-state index contributed by atoms with van der Waals surface area (Å²) in [6, 6.07) is 7.02. The van der Waals surface area contributed by atoms with Gasteiger partial charge in [0, 0.05) is 13.1 Å². The first-order valence-electron chi connectivity index (χ1n) is 7.71. The second-order valence-electron chi connectivity index (χ2n) is 5.51. The number of aromatic nitrogens is 7. The fourth-order valence-corrected chi connectivity index (χ4v) is 2.57. The average molecular weight is 350 g/mol. The number of nitrogens with two attached hydrogens (primary N) is 1. The molecule has 0 aliphatic carbocycles. The Morgan fingerprint density at radius 2 is 2.08 bits per heavy atom. The lowest BCUT2D eigenvalue weighted by atomic mass is 10.2. The van der Waals surface area contributed by atoms with Crippen LogP contribution in [-0.4, -0.2) is 40.4 Å². The van der Waals surface area contributed by atoms with Crippen LogP contribution in [0.25, 0.3) is 28.4 Å². The van der Waals surface area contributed by atoms with E-state index in [-0.39, 0.29) is 5.82 Å². The number of fused-ring (bicyclic) bond motifs is 1. The van der Waals surface area contributed by atoms with Gasteiger partial charge < -0.3 is 10.6 Å². The van der Waals surface area contributed by atoms with Crippen molar-refractivity contribution in [1.82, 2.24) is 34.4 Å². The number of carbonyl (C=O) groups is 1. The van der Waals surface area contributed by atoms with Gasteiger partial charge in [0.2, 0.25) is 0 Å². The Labute approximate surface area is 147 Å². The van der Waals surface area contributed by atoms with Crippen LogP contribution in [0.3, 0.4) is 0 Å². The summed E-state index contributed by atoms with van der Waals surface area (Å²) >= 11 is 0. The average Bonchev–Trinajstić information content (AvgIpc) is 3.18. The van der Waals surface area contributed by atoms with Gasteiger partial charge in [0.1, 0.15) is 29.3 Å². The van der Waals surface area contributed by atoms with E-state index in [2.05, 4.69) is 25.1 Å². The van der Waals surface area contributed by atoms with Gasteiger partial charge >= 0.3 is 5.97 Å². The minimum absolute atomic E-state index is 0.270. The molecule has 0 fully saturated rings. The van der Waals surface area contributed by atoms with E-state index < -0.39 is 5.97 Å².